The maximum absolute atomic E-state index is 13.2. The second-order valence-electron chi connectivity index (χ2n) is 11.6. The van der Waals surface area contributed by atoms with Crippen molar-refractivity contribution < 1.29 is 50.6 Å². The molecule has 45 heavy (non-hydrogen) atoms. The quantitative estimate of drug-likeness (QED) is 0.281. The van der Waals surface area contributed by atoms with Crippen molar-refractivity contribution in [1.82, 2.24) is 14.8 Å². The van der Waals surface area contributed by atoms with Crippen LogP contribution in [-0.4, -0.2) is 75.1 Å². The molecule has 248 valence electrons. The molecule has 17 heteroatoms. The van der Waals surface area contributed by atoms with Crippen molar-refractivity contribution in [2.75, 3.05) is 29.9 Å². The Morgan fingerprint density at radius 2 is 1.69 bits per heavy atom. The smallest absolute Gasteiger partial charge is 0.475 e. The lowest BCUT2D eigenvalue weighted by Gasteiger charge is -2.34. The number of rotatable bonds is 7. The third-order valence-electron chi connectivity index (χ3n) is 7.23. The van der Waals surface area contributed by atoms with E-state index in [9.17, 15) is 40.7 Å². The van der Waals surface area contributed by atoms with Crippen LogP contribution in [0.3, 0.4) is 0 Å². The molecule has 4 rings (SSSR count). The summed E-state index contributed by atoms with van der Waals surface area (Å²) < 4.78 is 70.9. The van der Waals surface area contributed by atoms with E-state index < -0.39 is 41.4 Å². The number of aromatic nitrogens is 1. The Labute approximate surface area is 259 Å². The Hall–Kier alpha value is -3.73. The van der Waals surface area contributed by atoms with Gasteiger partial charge in [-0.3, -0.25) is 9.59 Å². The van der Waals surface area contributed by atoms with Crippen molar-refractivity contribution in [1.29, 1.82) is 0 Å². The summed E-state index contributed by atoms with van der Waals surface area (Å²) in [6.07, 6.45) is -6.63. The first-order valence-corrected chi connectivity index (χ1v) is 14.7. The molecule has 4 amide bonds. The standard InChI is InChI=1S/C26H32F3N5O3S.C2HF3O2/c1-16-9-17(2)13-32(12-16)8-6-21(35)31-20-10-18(5-7-30-20)14-33-24(37)34(23(36)25(33,3)4)22-11-19(15-38-22)26(27,28)29;3-2(4,5)1(6)7/h5,7,10-11,15-17H,6,8-9,12-14H2,1-4H3,(H,30,31,35);(H,6,7). The molecule has 2 N–H and O–H groups in total. The van der Waals surface area contributed by atoms with Gasteiger partial charge in [0.1, 0.15) is 16.4 Å². The molecule has 10 nitrogen and oxygen atoms in total. The average molecular weight is 666 g/mol. The Balaban J connectivity index is 0.000000707. The first kappa shape index (κ1) is 35.7. The van der Waals surface area contributed by atoms with Gasteiger partial charge in [-0.25, -0.2) is 19.5 Å². The topological polar surface area (TPSA) is 123 Å². The van der Waals surface area contributed by atoms with Crippen molar-refractivity contribution in [3.05, 3.63) is 40.9 Å². The molecule has 2 aromatic rings. The molecule has 2 unspecified atom stereocenters. The number of thiophene rings is 1. The lowest BCUT2D eigenvalue weighted by atomic mass is 9.92. The number of aliphatic carboxylic acids is 1. The summed E-state index contributed by atoms with van der Waals surface area (Å²) in [5.41, 5.74) is -1.57. The lowest BCUT2D eigenvalue weighted by Crippen LogP contribution is -2.43. The van der Waals surface area contributed by atoms with E-state index in [1.807, 2.05) is 0 Å². The molecule has 0 saturated carbocycles. The SMILES string of the molecule is CC1CC(C)CN(CCC(=O)Nc2cc(CN3C(=O)N(c4cc(C(F)(F)F)cs4)C(=O)C3(C)C)ccn2)C1.O=C(O)C(F)(F)F. The number of carbonyl (C=O) groups is 4. The minimum Gasteiger partial charge on any atom is -0.475 e. The highest BCUT2D eigenvalue weighted by Crippen LogP contribution is 2.40. The van der Waals surface area contributed by atoms with Crippen molar-refractivity contribution in [2.45, 2.75) is 65.0 Å². The number of pyridine rings is 1. The molecule has 2 aliphatic rings. The highest BCUT2D eigenvalue weighted by Gasteiger charge is 2.52. The maximum atomic E-state index is 13.2. The molecule has 0 spiro atoms. The molecule has 2 saturated heterocycles. The number of carbonyl (C=O) groups excluding carboxylic acids is 3. The number of amides is 4. The molecule has 2 aromatic heterocycles. The first-order valence-electron chi connectivity index (χ1n) is 13.8. The zero-order valence-electron chi connectivity index (χ0n) is 24.8. The van der Waals surface area contributed by atoms with E-state index >= 15 is 0 Å². The number of urea groups is 1. The number of alkyl halides is 6. The van der Waals surface area contributed by atoms with E-state index in [2.05, 4.69) is 29.0 Å². The Morgan fingerprint density at radius 3 is 2.22 bits per heavy atom. The van der Waals surface area contributed by atoms with Gasteiger partial charge in [0.2, 0.25) is 5.91 Å². The molecular weight excluding hydrogens is 632 g/mol. The van der Waals surface area contributed by atoms with Crippen LogP contribution in [0.4, 0.5) is 42.0 Å². The Kier molecular flexibility index (Phi) is 10.9. The predicted molar refractivity (Wildman–Crippen MR) is 152 cm³/mol. The zero-order valence-corrected chi connectivity index (χ0v) is 25.6. The van der Waals surface area contributed by atoms with Crippen molar-refractivity contribution in [2.24, 2.45) is 11.8 Å². The predicted octanol–water partition coefficient (Wildman–Crippen LogP) is 5.85. The third-order valence-corrected chi connectivity index (χ3v) is 8.15. The second kappa shape index (κ2) is 13.7. The van der Waals surface area contributed by atoms with E-state index in [1.165, 1.54) is 17.5 Å². The maximum Gasteiger partial charge on any atom is 0.490 e. The number of halogens is 6. The number of imide groups is 1. The number of nitrogens with zero attached hydrogens (tertiary/aromatic N) is 4. The summed E-state index contributed by atoms with van der Waals surface area (Å²) in [6, 6.07) is 3.40. The molecule has 2 atom stereocenters. The fourth-order valence-corrected chi connectivity index (χ4v) is 6.06. The highest BCUT2D eigenvalue weighted by molar-refractivity contribution is 7.14. The first-order chi connectivity index (χ1) is 20.7. The summed E-state index contributed by atoms with van der Waals surface area (Å²) in [4.78, 5) is 56.4. The van der Waals surface area contributed by atoms with E-state index in [4.69, 9.17) is 9.90 Å². The van der Waals surface area contributed by atoms with Crippen LogP contribution in [0.2, 0.25) is 0 Å². The van der Waals surface area contributed by atoms with Crippen LogP contribution in [0, 0.1) is 11.8 Å². The lowest BCUT2D eigenvalue weighted by molar-refractivity contribution is -0.192. The van der Waals surface area contributed by atoms with E-state index in [0.29, 0.717) is 47.5 Å². The van der Waals surface area contributed by atoms with Crippen molar-refractivity contribution in [3.8, 4) is 0 Å². The van der Waals surface area contributed by atoms with Crippen LogP contribution in [0.25, 0.3) is 0 Å². The van der Waals surface area contributed by atoms with Gasteiger partial charge in [0.15, 0.2) is 0 Å². The van der Waals surface area contributed by atoms with Crippen LogP contribution in [0.15, 0.2) is 29.8 Å². The van der Waals surface area contributed by atoms with E-state index in [1.54, 1.807) is 26.0 Å². The molecule has 2 aliphatic heterocycles. The van der Waals surface area contributed by atoms with Gasteiger partial charge in [-0.2, -0.15) is 26.3 Å². The van der Waals surface area contributed by atoms with Crippen LogP contribution in [0.5, 0.6) is 0 Å². The summed E-state index contributed by atoms with van der Waals surface area (Å²) in [5.74, 6) is -2.00. The number of likely N-dealkylation sites (tertiary alicyclic amines) is 1. The largest absolute Gasteiger partial charge is 0.490 e. The number of carboxylic acid groups (broad SMARTS) is 1. The fourth-order valence-electron chi connectivity index (χ4n) is 5.15. The summed E-state index contributed by atoms with van der Waals surface area (Å²) in [6.45, 7) is 10.2. The van der Waals surface area contributed by atoms with Gasteiger partial charge in [0, 0.05) is 44.2 Å². The minimum atomic E-state index is -5.08. The van der Waals surface area contributed by atoms with Crippen LogP contribution < -0.4 is 10.2 Å². The fraction of sp³-hybridized carbons (Fsp3) is 0.536. The van der Waals surface area contributed by atoms with Crippen molar-refractivity contribution >= 4 is 46.0 Å². The average Bonchev–Trinajstić information content (AvgIpc) is 3.45. The number of piperidine rings is 1. The normalized spacial score (nSPS) is 20.6. The van der Waals surface area contributed by atoms with Gasteiger partial charge < -0.3 is 20.2 Å². The van der Waals surface area contributed by atoms with Gasteiger partial charge in [-0.05, 0) is 55.9 Å². The molecule has 0 radical (unpaired) electrons. The van der Waals surface area contributed by atoms with E-state index in [0.717, 1.165) is 29.4 Å². The van der Waals surface area contributed by atoms with Gasteiger partial charge in [0.25, 0.3) is 5.91 Å². The number of nitrogens with one attached hydrogen (secondary N) is 1. The Morgan fingerprint density at radius 1 is 1.09 bits per heavy atom. The molecule has 0 bridgehead atoms. The van der Waals surface area contributed by atoms with Crippen molar-refractivity contribution in [3.63, 3.8) is 0 Å². The third kappa shape index (κ3) is 9.15. The molecule has 4 heterocycles. The van der Waals surface area contributed by atoms with Crippen LogP contribution in [-0.2, 0) is 27.1 Å². The van der Waals surface area contributed by atoms with Crippen LogP contribution >= 0.6 is 11.3 Å². The summed E-state index contributed by atoms with van der Waals surface area (Å²) in [5, 5.41) is 10.7. The van der Waals surface area contributed by atoms with Gasteiger partial charge in [0.05, 0.1) is 5.56 Å². The van der Waals surface area contributed by atoms with Gasteiger partial charge >= 0.3 is 24.4 Å². The second-order valence-corrected chi connectivity index (χ2v) is 12.5. The summed E-state index contributed by atoms with van der Waals surface area (Å²) >= 11 is 0.691. The number of hydrogen-bond donors (Lipinski definition) is 2. The molecule has 2 fully saturated rings. The monoisotopic (exact) mass is 665 g/mol. The highest BCUT2D eigenvalue weighted by atomic mass is 32.1. The molecule has 0 aromatic carbocycles. The number of carboxylic acids is 1. The molecular formula is C28H33F6N5O5S. The number of hydrogen-bond acceptors (Lipinski definition) is 7. The van der Waals surface area contributed by atoms with E-state index in [-0.39, 0.29) is 17.5 Å². The zero-order chi connectivity index (χ0) is 33.9. The minimum absolute atomic E-state index is 0.0144. The van der Waals surface area contributed by atoms with Crippen LogP contribution in [0.1, 0.15) is 51.7 Å². The Bertz CT molecular complexity index is 1400. The van der Waals surface area contributed by atoms with Gasteiger partial charge in [-0.1, -0.05) is 13.8 Å². The number of anilines is 2. The van der Waals surface area contributed by atoms with Gasteiger partial charge in [-0.15, -0.1) is 11.3 Å². The molecule has 0 aliphatic carbocycles. The summed E-state index contributed by atoms with van der Waals surface area (Å²) in [7, 11) is 0.